The normalized spacial score (nSPS) is 25.4. The first kappa shape index (κ1) is 19.2. The van der Waals surface area contributed by atoms with Crippen LogP contribution in [-0.2, 0) is 9.53 Å². The highest BCUT2D eigenvalue weighted by molar-refractivity contribution is 5.69. The first-order chi connectivity index (χ1) is 10.5. The van der Waals surface area contributed by atoms with Crippen molar-refractivity contribution in [3.8, 4) is 0 Å². The van der Waals surface area contributed by atoms with Gasteiger partial charge in [-0.3, -0.25) is 4.79 Å². The van der Waals surface area contributed by atoms with Crippen molar-refractivity contribution >= 4 is 5.97 Å². The van der Waals surface area contributed by atoms with Crippen molar-refractivity contribution in [3.05, 3.63) is 12.2 Å². The van der Waals surface area contributed by atoms with Gasteiger partial charge in [-0.1, -0.05) is 31.4 Å². The first-order valence-electron chi connectivity index (χ1n) is 8.74. The zero-order valence-electron chi connectivity index (χ0n) is 14.0. The van der Waals surface area contributed by atoms with Crippen LogP contribution in [-0.4, -0.2) is 35.0 Å². The monoisotopic (exact) mass is 312 g/mol. The number of rotatable bonds is 11. The number of unbranched alkanes of at least 4 members (excludes halogenated alkanes) is 3. The van der Waals surface area contributed by atoms with Gasteiger partial charge in [0.15, 0.2) is 0 Å². The molecule has 1 rings (SSSR count). The van der Waals surface area contributed by atoms with Crippen LogP contribution in [0.3, 0.4) is 0 Å². The highest BCUT2D eigenvalue weighted by atomic mass is 16.5. The van der Waals surface area contributed by atoms with E-state index >= 15 is 0 Å². The molecule has 1 aliphatic rings. The average Bonchev–Trinajstić information content (AvgIpc) is 2.81. The van der Waals surface area contributed by atoms with Crippen molar-refractivity contribution in [2.45, 2.75) is 77.4 Å². The summed E-state index contributed by atoms with van der Waals surface area (Å²) in [4.78, 5) is 11.2. The van der Waals surface area contributed by atoms with Gasteiger partial charge in [0.2, 0.25) is 0 Å². The van der Waals surface area contributed by atoms with Crippen LogP contribution in [0.2, 0.25) is 0 Å². The maximum absolute atomic E-state index is 11.2. The summed E-state index contributed by atoms with van der Waals surface area (Å²) in [7, 11) is 0. The van der Waals surface area contributed by atoms with Crippen molar-refractivity contribution in [2.24, 2.45) is 11.8 Å². The van der Waals surface area contributed by atoms with Gasteiger partial charge in [0.25, 0.3) is 0 Å². The van der Waals surface area contributed by atoms with E-state index in [2.05, 4.69) is 6.08 Å². The Bertz CT molecular complexity index is 338. The summed E-state index contributed by atoms with van der Waals surface area (Å²) < 4.78 is 4.90. The van der Waals surface area contributed by atoms with Gasteiger partial charge in [0.1, 0.15) is 0 Å². The molecule has 1 unspecified atom stereocenters. The second-order valence-corrected chi connectivity index (χ2v) is 6.39. The molecular formula is C18H32O4. The number of aliphatic hydroxyl groups excluding tert-OH is 2. The number of ether oxygens (including phenoxy) is 1. The van der Waals surface area contributed by atoms with E-state index in [1.54, 1.807) is 0 Å². The molecule has 4 heteroatoms. The minimum absolute atomic E-state index is 0.101. The molecule has 0 bridgehead atoms. The van der Waals surface area contributed by atoms with Crippen molar-refractivity contribution in [3.63, 3.8) is 0 Å². The van der Waals surface area contributed by atoms with E-state index in [4.69, 9.17) is 4.74 Å². The number of allylic oxidation sites excluding steroid dienone is 1. The minimum atomic E-state index is -0.335. The van der Waals surface area contributed by atoms with Gasteiger partial charge in [-0.15, -0.1) is 0 Å². The molecule has 4 nitrogen and oxygen atoms in total. The molecule has 22 heavy (non-hydrogen) atoms. The van der Waals surface area contributed by atoms with Crippen LogP contribution in [0.1, 0.15) is 65.2 Å². The molecule has 0 saturated heterocycles. The van der Waals surface area contributed by atoms with Crippen LogP contribution in [0.25, 0.3) is 0 Å². The van der Waals surface area contributed by atoms with Gasteiger partial charge in [0.05, 0.1) is 18.8 Å². The van der Waals surface area contributed by atoms with Crippen LogP contribution in [0.5, 0.6) is 0 Å². The third-order valence-electron chi connectivity index (χ3n) is 4.44. The molecule has 1 aliphatic carbocycles. The third-order valence-corrected chi connectivity index (χ3v) is 4.44. The molecule has 0 amide bonds. The van der Waals surface area contributed by atoms with Crippen molar-refractivity contribution in [1.29, 1.82) is 0 Å². The summed E-state index contributed by atoms with van der Waals surface area (Å²) in [6, 6.07) is 0. The number of hydrogen-bond acceptors (Lipinski definition) is 4. The average molecular weight is 312 g/mol. The lowest BCUT2D eigenvalue weighted by atomic mass is 9.85. The Morgan fingerprint density at radius 2 is 1.91 bits per heavy atom. The van der Waals surface area contributed by atoms with Crippen LogP contribution in [0.4, 0.5) is 0 Å². The lowest BCUT2D eigenvalue weighted by Gasteiger charge is -2.22. The predicted octanol–water partition coefficient (Wildman–Crippen LogP) is 3.21. The van der Waals surface area contributed by atoms with E-state index in [0.717, 1.165) is 44.9 Å². The van der Waals surface area contributed by atoms with Crippen molar-refractivity contribution < 1.29 is 19.7 Å². The Labute approximate surface area is 134 Å². The predicted molar refractivity (Wildman–Crippen MR) is 87.4 cm³/mol. The Balaban J connectivity index is 2.13. The summed E-state index contributed by atoms with van der Waals surface area (Å²) in [6.07, 6.45) is 10.8. The summed E-state index contributed by atoms with van der Waals surface area (Å²) in [6.45, 7) is 4.10. The molecule has 2 N–H and O–H groups in total. The summed E-state index contributed by atoms with van der Waals surface area (Å²) >= 11 is 0. The molecule has 0 aliphatic heterocycles. The second kappa shape index (κ2) is 10.8. The standard InChI is InChI=1S/C18H32O4/c1-3-22-18(21)9-7-5-4-6-8-16-15(11-10-14(2)19)12-13-17(16)20/h12-17,19-20H,3-11H2,1-2H3/t14?,15-,16-,17+/m0/s1. The van der Waals surface area contributed by atoms with Gasteiger partial charge in [-0.25, -0.2) is 0 Å². The first-order valence-corrected chi connectivity index (χ1v) is 8.74. The Kier molecular flexibility index (Phi) is 9.41. The SMILES string of the molecule is CCOC(=O)CCCCCC[C@@H]1[C@H](O)C=C[C@@H]1CCC(C)O. The fourth-order valence-corrected chi connectivity index (χ4v) is 3.16. The smallest absolute Gasteiger partial charge is 0.305 e. The lowest BCUT2D eigenvalue weighted by Crippen LogP contribution is -2.21. The molecule has 0 aromatic carbocycles. The molecule has 4 atom stereocenters. The fraction of sp³-hybridized carbons (Fsp3) is 0.833. The van der Waals surface area contributed by atoms with Gasteiger partial charge >= 0.3 is 5.97 Å². The molecule has 0 spiro atoms. The van der Waals surface area contributed by atoms with Crippen molar-refractivity contribution in [1.82, 2.24) is 0 Å². The number of hydrogen-bond donors (Lipinski definition) is 2. The molecular weight excluding hydrogens is 280 g/mol. The third kappa shape index (κ3) is 7.41. The van der Waals surface area contributed by atoms with Gasteiger partial charge < -0.3 is 14.9 Å². The largest absolute Gasteiger partial charge is 0.466 e. The molecule has 0 heterocycles. The minimum Gasteiger partial charge on any atom is -0.466 e. The molecule has 0 aromatic heterocycles. The van der Waals surface area contributed by atoms with Crippen LogP contribution in [0.15, 0.2) is 12.2 Å². The highest BCUT2D eigenvalue weighted by Crippen LogP contribution is 2.33. The van der Waals surface area contributed by atoms with Crippen molar-refractivity contribution in [2.75, 3.05) is 6.61 Å². The summed E-state index contributed by atoms with van der Waals surface area (Å²) in [5, 5.41) is 19.4. The molecule has 0 fully saturated rings. The zero-order chi connectivity index (χ0) is 16.4. The fourth-order valence-electron chi connectivity index (χ4n) is 3.16. The summed E-state index contributed by atoms with van der Waals surface area (Å²) in [5.74, 6) is 0.587. The maximum atomic E-state index is 11.2. The van der Waals surface area contributed by atoms with Gasteiger partial charge in [-0.2, -0.15) is 0 Å². The number of esters is 1. The van der Waals surface area contributed by atoms with E-state index in [1.807, 2.05) is 19.9 Å². The van der Waals surface area contributed by atoms with Crippen LogP contribution in [0, 0.1) is 11.8 Å². The molecule has 0 radical (unpaired) electrons. The maximum Gasteiger partial charge on any atom is 0.305 e. The van der Waals surface area contributed by atoms with Gasteiger partial charge in [-0.05, 0) is 51.4 Å². The summed E-state index contributed by atoms with van der Waals surface area (Å²) in [5.41, 5.74) is 0. The molecule has 0 saturated carbocycles. The van der Waals surface area contributed by atoms with E-state index in [-0.39, 0.29) is 18.2 Å². The second-order valence-electron chi connectivity index (χ2n) is 6.39. The zero-order valence-corrected chi connectivity index (χ0v) is 14.0. The van der Waals surface area contributed by atoms with Crippen LogP contribution >= 0.6 is 0 Å². The molecule has 128 valence electrons. The topological polar surface area (TPSA) is 66.8 Å². The Morgan fingerprint density at radius 3 is 2.59 bits per heavy atom. The van der Waals surface area contributed by atoms with E-state index in [9.17, 15) is 15.0 Å². The van der Waals surface area contributed by atoms with E-state index < -0.39 is 0 Å². The van der Waals surface area contributed by atoms with Gasteiger partial charge in [0, 0.05) is 6.42 Å². The Morgan fingerprint density at radius 1 is 1.18 bits per heavy atom. The number of aliphatic hydroxyl groups is 2. The van der Waals surface area contributed by atoms with E-state index in [1.165, 1.54) is 0 Å². The number of carbonyl (C=O) groups is 1. The highest BCUT2D eigenvalue weighted by Gasteiger charge is 2.29. The Hall–Kier alpha value is -0.870. The number of carbonyl (C=O) groups excluding carboxylic acids is 1. The van der Waals surface area contributed by atoms with E-state index in [0.29, 0.717) is 24.9 Å². The molecule has 0 aromatic rings. The van der Waals surface area contributed by atoms with Crippen LogP contribution < -0.4 is 0 Å². The lowest BCUT2D eigenvalue weighted by molar-refractivity contribution is -0.143. The quantitative estimate of drug-likeness (QED) is 0.349.